The number of halogens is 18. The van der Waals surface area contributed by atoms with Crippen LogP contribution in [0.15, 0.2) is 0 Å². The standard InChI is InChI=1S/C13H10F18O3/c14-4(11(23,24)25)8(17,18)1-32-7(33-2-9(19,20)5(15)12(26,27)28)34-3-10(21,22)6(16)13(29,30)31/h4-7H,1-3H2. The average Bonchev–Trinajstić information content (AvgIpc) is 2.63. The lowest BCUT2D eigenvalue weighted by molar-refractivity contribution is -0.354. The summed E-state index contributed by atoms with van der Waals surface area (Å²) in [7, 11) is 0. The predicted molar refractivity (Wildman–Crippen MR) is 69.3 cm³/mol. The van der Waals surface area contributed by atoms with E-state index in [2.05, 4.69) is 14.2 Å². The van der Waals surface area contributed by atoms with Crippen molar-refractivity contribution in [1.29, 1.82) is 0 Å². The molecule has 0 N–H and O–H groups in total. The van der Waals surface area contributed by atoms with Gasteiger partial charge in [-0.3, -0.25) is 0 Å². The molecule has 0 aromatic carbocycles. The molecule has 0 fully saturated rings. The number of hydrogen-bond acceptors (Lipinski definition) is 3. The van der Waals surface area contributed by atoms with Crippen molar-refractivity contribution in [3.63, 3.8) is 0 Å². The lowest BCUT2D eigenvalue weighted by Crippen LogP contribution is -2.49. The summed E-state index contributed by atoms with van der Waals surface area (Å²) in [5.41, 5.74) is 0. The van der Waals surface area contributed by atoms with E-state index in [1.54, 1.807) is 0 Å². The van der Waals surface area contributed by atoms with E-state index in [0.717, 1.165) is 0 Å². The van der Waals surface area contributed by atoms with E-state index in [4.69, 9.17) is 0 Å². The van der Waals surface area contributed by atoms with Gasteiger partial charge in [0.1, 0.15) is 19.8 Å². The maximum Gasteiger partial charge on any atom is 0.425 e. The van der Waals surface area contributed by atoms with Gasteiger partial charge in [0.05, 0.1) is 0 Å². The van der Waals surface area contributed by atoms with E-state index in [-0.39, 0.29) is 0 Å². The highest BCUT2D eigenvalue weighted by atomic mass is 19.4. The number of ether oxygens (including phenoxy) is 3. The highest BCUT2D eigenvalue weighted by Gasteiger charge is 2.60. The van der Waals surface area contributed by atoms with E-state index in [9.17, 15) is 79.0 Å². The van der Waals surface area contributed by atoms with Gasteiger partial charge in [-0.2, -0.15) is 39.5 Å². The second-order valence-electron chi connectivity index (χ2n) is 6.22. The summed E-state index contributed by atoms with van der Waals surface area (Å²) in [5.74, 6) is -17.0. The number of rotatable bonds is 12. The summed E-state index contributed by atoms with van der Waals surface area (Å²) in [5, 5.41) is 0. The fourth-order valence-corrected chi connectivity index (χ4v) is 1.62. The first kappa shape index (κ1) is 32.6. The van der Waals surface area contributed by atoms with Crippen molar-refractivity contribution >= 4 is 0 Å². The molecular weight excluding hydrogens is 546 g/mol. The van der Waals surface area contributed by atoms with Crippen LogP contribution in [0.25, 0.3) is 0 Å². The van der Waals surface area contributed by atoms with E-state index in [1.165, 1.54) is 0 Å². The summed E-state index contributed by atoms with van der Waals surface area (Å²) in [6.45, 7) is -12.6. The molecule has 0 aliphatic rings. The normalized spacial score (nSPS) is 18.5. The molecule has 0 aliphatic heterocycles. The van der Waals surface area contributed by atoms with Gasteiger partial charge in [0, 0.05) is 0 Å². The maximum absolute atomic E-state index is 13.1. The molecule has 0 aromatic rings. The van der Waals surface area contributed by atoms with E-state index in [1.807, 2.05) is 0 Å². The second-order valence-corrected chi connectivity index (χ2v) is 6.22. The number of alkyl halides is 18. The van der Waals surface area contributed by atoms with Crippen molar-refractivity contribution < 1.29 is 93.2 Å². The Morgan fingerprint density at radius 3 is 0.706 bits per heavy atom. The fraction of sp³-hybridized carbons (Fsp3) is 1.00. The van der Waals surface area contributed by atoms with Crippen LogP contribution in [0.2, 0.25) is 0 Å². The van der Waals surface area contributed by atoms with Crippen molar-refractivity contribution in [2.24, 2.45) is 0 Å². The van der Waals surface area contributed by atoms with Crippen molar-refractivity contribution in [3.8, 4) is 0 Å². The lowest BCUT2D eigenvalue weighted by atomic mass is 10.2. The molecule has 0 bridgehead atoms. The monoisotopic (exact) mass is 556 g/mol. The topological polar surface area (TPSA) is 27.7 Å². The first-order chi connectivity index (χ1) is 14.7. The first-order valence-electron chi connectivity index (χ1n) is 7.86. The molecule has 3 atom stereocenters. The smallest absolute Gasteiger partial charge is 0.323 e. The first-order valence-corrected chi connectivity index (χ1v) is 7.86. The number of hydrogen-bond donors (Lipinski definition) is 0. The summed E-state index contributed by atoms with van der Waals surface area (Å²) in [6, 6.07) is 0. The minimum Gasteiger partial charge on any atom is -0.323 e. The van der Waals surface area contributed by atoms with Gasteiger partial charge >= 0.3 is 36.3 Å². The summed E-state index contributed by atoms with van der Waals surface area (Å²) in [4.78, 5) is 0. The zero-order valence-electron chi connectivity index (χ0n) is 15.5. The quantitative estimate of drug-likeness (QED) is 0.221. The van der Waals surface area contributed by atoms with Crippen LogP contribution in [0.5, 0.6) is 0 Å². The summed E-state index contributed by atoms with van der Waals surface area (Å²) < 4.78 is 235. The molecule has 34 heavy (non-hydrogen) atoms. The van der Waals surface area contributed by atoms with E-state index >= 15 is 0 Å². The lowest BCUT2D eigenvalue weighted by Gasteiger charge is -2.29. The van der Waals surface area contributed by atoms with Crippen molar-refractivity contribution in [2.75, 3.05) is 19.8 Å². The van der Waals surface area contributed by atoms with Crippen molar-refractivity contribution in [3.05, 3.63) is 0 Å². The Bertz CT molecular complexity index is 540. The van der Waals surface area contributed by atoms with Gasteiger partial charge in [-0.05, 0) is 0 Å². The summed E-state index contributed by atoms with van der Waals surface area (Å²) in [6.07, 6.45) is -34.1. The third-order valence-electron chi connectivity index (χ3n) is 3.21. The Balaban J connectivity index is 5.56. The Morgan fingerprint density at radius 2 is 0.559 bits per heavy atom. The van der Waals surface area contributed by atoms with E-state index in [0.29, 0.717) is 0 Å². The molecule has 0 aliphatic carbocycles. The molecule has 0 saturated heterocycles. The molecule has 0 rings (SSSR count). The molecule has 0 aromatic heterocycles. The molecule has 0 radical (unpaired) electrons. The van der Waals surface area contributed by atoms with Crippen LogP contribution >= 0.6 is 0 Å². The van der Waals surface area contributed by atoms with Crippen LogP contribution in [0.4, 0.5) is 79.0 Å². The average molecular weight is 556 g/mol. The predicted octanol–water partition coefficient (Wildman–Crippen LogP) is 5.93. The van der Waals surface area contributed by atoms with Gasteiger partial charge in [-0.1, -0.05) is 0 Å². The molecular formula is C13H10F18O3. The van der Waals surface area contributed by atoms with Gasteiger partial charge in [0.15, 0.2) is 0 Å². The van der Waals surface area contributed by atoms with Crippen LogP contribution in [0.1, 0.15) is 0 Å². The molecule has 0 amide bonds. The third kappa shape index (κ3) is 9.70. The van der Waals surface area contributed by atoms with Crippen LogP contribution in [-0.4, -0.2) is 81.1 Å². The van der Waals surface area contributed by atoms with Crippen LogP contribution in [0, 0.1) is 0 Å². The zero-order chi connectivity index (χ0) is 27.6. The van der Waals surface area contributed by atoms with Gasteiger partial charge in [-0.25, -0.2) is 39.5 Å². The third-order valence-corrected chi connectivity index (χ3v) is 3.21. The van der Waals surface area contributed by atoms with Gasteiger partial charge in [-0.15, -0.1) is 0 Å². The Morgan fingerprint density at radius 1 is 0.382 bits per heavy atom. The molecule has 0 saturated carbocycles. The van der Waals surface area contributed by atoms with Crippen molar-refractivity contribution in [2.45, 2.75) is 61.3 Å². The van der Waals surface area contributed by atoms with Gasteiger partial charge in [0.25, 0.3) is 25.0 Å². The zero-order valence-corrected chi connectivity index (χ0v) is 15.5. The maximum atomic E-state index is 13.1. The summed E-state index contributed by atoms with van der Waals surface area (Å²) >= 11 is 0. The Hall–Kier alpha value is -1.38. The highest BCUT2D eigenvalue weighted by molar-refractivity contribution is 4.85. The fourth-order valence-electron chi connectivity index (χ4n) is 1.62. The molecule has 0 heterocycles. The molecule has 206 valence electrons. The second kappa shape index (κ2) is 10.7. The van der Waals surface area contributed by atoms with Crippen LogP contribution in [-0.2, 0) is 14.2 Å². The molecule has 21 heteroatoms. The van der Waals surface area contributed by atoms with Crippen LogP contribution in [0.3, 0.4) is 0 Å². The van der Waals surface area contributed by atoms with Gasteiger partial charge in [0.2, 0.25) is 0 Å². The molecule has 3 unspecified atom stereocenters. The SMILES string of the molecule is FC(C(F)(F)F)C(F)(F)COC(OCC(F)(F)C(F)C(F)(F)F)OCC(F)(F)C(F)C(F)(F)F. The highest BCUT2D eigenvalue weighted by Crippen LogP contribution is 2.38. The largest absolute Gasteiger partial charge is 0.425 e. The Kier molecular flexibility index (Phi) is 10.3. The van der Waals surface area contributed by atoms with Crippen LogP contribution < -0.4 is 0 Å². The molecule has 3 nitrogen and oxygen atoms in total. The molecule has 0 spiro atoms. The Labute approximate surface area is 175 Å². The minimum absolute atomic E-state index is 2.95. The van der Waals surface area contributed by atoms with Gasteiger partial charge < -0.3 is 14.2 Å². The van der Waals surface area contributed by atoms with Crippen molar-refractivity contribution in [1.82, 2.24) is 0 Å². The van der Waals surface area contributed by atoms with E-state index < -0.39 is 81.1 Å². The minimum atomic E-state index is -6.30.